The molecule has 1 aliphatic rings. The molecule has 0 aromatic heterocycles. The second-order valence-corrected chi connectivity index (χ2v) is 8.51. The van der Waals surface area contributed by atoms with Crippen LogP contribution in [0.1, 0.15) is 37.8 Å². The summed E-state index contributed by atoms with van der Waals surface area (Å²) in [7, 11) is 0. The number of para-hydroxylation sites is 2. The lowest BCUT2D eigenvalue weighted by atomic mass is 9.73. The summed E-state index contributed by atoms with van der Waals surface area (Å²) in [6, 6.07) is 32.7. The first-order valence-corrected chi connectivity index (χ1v) is 11.4. The van der Waals surface area contributed by atoms with E-state index in [9.17, 15) is 10.1 Å². The molecule has 0 bridgehead atoms. The van der Waals surface area contributed by atoms with E-state index >= 15 is 0 Å². The van der Waals surface area contributed by atoms with Crippen molar-refractivity contribution in [2.24, 2.45) is 0 Å². The molecule has 4 aromatic rings. The van der Waals surface area contributed by atoms with Gasteiger partial charge in [0.15, 0.2) is 0 Å². The standard InChI is InChI=1S/C29H26N2O2/c1-3-29(4-2)27-19-23(15-17-25(27)26-18-16-24(31(32)33)20-28(26)29)30(21-11-7-5-8-12-21)22-13-9-6-10-14-22/h5-20H,3-4H2,1-2H3. The Morgan fingerprint density at radius 1 is 0.697 bits per heavy atom. The van der Waals surface area contributed by atoms with E-state index < -0.39 is 0 Å². The summed E-state index contributed by atoms with van der Waals surface area (Å²) >= 11 is 0. The summed E-state index contributed by atoms with van der Waals surface area (Å²) in [6.07, 6.45) is 1.76. The highest BCUT2D eigenvalue weighted by Gasteiger charge is 2.41. The lowest BCUT2D eigenvalue weighted by molar-refractivity contribution is -0.384. The molecule has 1 aliphatic carbocycles. The van der Waals surface area contributed by atoms with Crippen LogP contribution in [0.3, 0.4) is 0 Å². The van der Waals surface area contributed by atoms with Gasteiger partial charge in [-0.2, -0.15) is 0 Å². The van der Waals surface area contributed by atoms with Crippen LogP contribution < -0.4 is 4.90 Å². The Hall–Kier alpha value is -3.92. The van der Waals surface area contributed by atoms with E-state index in [1.165, 1.54) is 11.1 Å². The number of non-ortho nitro benzene ring substituents is 1. The van der Waals surface area contributed by atoms with Crippen molar-refractivity contribution in [2.45, 2.75) is 32.1 Å². The smallest absolute Gasteiger partial charge is 0.269 e. The van der Waals surface area contributed by atoms with Gasteiger partial charge in [0.1, 0.15) is 0 Å². The van der Waals surface area contributed by atoms with Gasteiger partial charge in [0, 0.05) is 34.6 Å². The van der Waals surface area contributed by atoms with Gasteiger partial charge in [-0.15, -0.1) is 0 Å². The molecule has 0 saturated heterocycles. The Labute approximate surface area is 194 Å². The zero-order valence-electron chi connectivity index (χ0n) is 18.9. The van der Waals surface area contributed by atoms with Crippen LogP contribution in [0.4, 0.5) is 22.7 Å². The fourth-order valence-corrected chi connectivity index (χ4v) is 5.34. The quantitative estimate of drug-likeness (QED) is 0.227. The number of nitro groups is 1. The Morgan fingerprint density at radius 2 is 1.21 bits per heavy atom. The van der Waals surface area contributed by atoms with Crippen LogP contribution in [0.2, 0.25) is 0 Å². The zero-order chi connectivity index (χ0) is 23.0. The minimum Gasteiger partial charge on any atom is -0.310 e. The van der Waals surface area contributed by atoms with E-state index in [0.717, 1.165) is 41.0 Å². The van der Waals surface area contributed by atoms with Crippen molar-refractivity contribution in [3.63, 3.8) is 0 Å². The highest BCUT2D eigenvalue weighted by Crippen LogP contribution is 2.54. The topological polar surface area (TPSA) is 46.4 Å². The maximum absolute atomic E-state index is 11.5. The van der Waals surface area contributed by atoms with E-state index in [0.29, 0.717) is 0 Å². The third-order valence-electron chi connectivity index (χ3n) is 7.03. The molecule has 0 heterocycles. The molecular formula is C29H26N2O2. The summed E-state index contributed by atoms with van der Waals surface area (Å²) < 4.78 is 0. The molecule has 0 atom stereocenters. The Balaban J connectivity index is 1.72. The first kappa shape index (κ1) is 21.0. The number of nitro benzene ring substituents is 1. The van der Waals surface area contributed by atoms with E-state index in [4.69, 9.17) is 0 Å². The summed E-state index contributed by atoms with van der Waals surface area (Å²) in [5, 5.41) is 11.5. The van der Waals surface area contributed by atoms with Crippen LogP contribution in [0.15, 0.2) is 97.1 Å². The van der Waals surface area contributed by atoms with E-state index in [-0.39, 0.29) is 16.0 Å². The lowest BCUT2D eigenvalue weighted by Gasteiger charge is -2.31. The van der Waals surface area contributed by atoms with Crippen molar-refractivity contribution in [1.29, 1.82) is 0 Å². The molecule has 0 spiro atoms. The summed E-state index contributed by atoms with van der Waals surface area (Å²) in [5.74, 6) is 0. The molecule has 33 heavy (non-hydrogen) atoms. The second-order valence-electron chi connectivity index (χ2n) is 8.51. The molecule has 0 unspecified atom stereocenters. The Morgan fingerprint density at radius 3 is 1.73 bits per heavy atom. The van der Waals surface area contributed by atoms with E-state index in [2.05, 4.69) is 85.5 Å². The van der Waals surface area contributed by atoms with Crippen molar-refractivity contribution in [3.05, 3.63) is 118 Å². The van der Waals surface area contributed by atoms with Gasteiger partial charge in [0.25, 0.3) is 5.69 Å². The van der Waals surface area contributed by atoms with Crippen LogP contribution >= 0.6 is 0 Å². The predicted octanol–water partition coefficient (Wildman–Crippen LogP) is 8.15. The SMILES string of the molecule is CCC1(CC)c2cc(N(c3ccccc3)c3ccccc3)ccc2-c2ccc([N+](=O)[O-])cc21. The molecule has 0 N–H and O–H groups in total. The monoisotopic (exact) mass is 434 g/mol. The van der Waals surface area contributed by atoms with Crippen LogP contribution in [-0.2, 0) is 5.41 Å². The van der Waals surface area contributed by atoms with Gasteiger partial charge in [-0.3, -0.25) is 10.1 Å². The van der Waals surface area contributed by atoms with Gasteiger partial charge in [-0.05, 0) is 77.6 Å². The third-order valence-corrected chi connectivity index (χ3v) is 7.03. The lowest BCUT2D eigenvalue weighted by Crippen LogP contribution is -2.23. The fourth-order valence-electron chi connectivity index (χ4n) is 5.34. The number of benzene rings is 4. The second kappa shape index (κ2) is 8.21. The van der Waals surface area contributed by atoms with Crippen LogP contribution in [0.5, 0.6) is 0 Å². The van der Waals surface area contributed by atoms with E-state index in [1.54, 1.807) is 12.1 Å². The largest absolute Gasteiger partial charge is 0.310 e. The van der Waals surface area contributed by atoms with Gasteiger partial charge < -0.3 is 4.90 Å². The van der Waals surface area contributed by atoms with Crippen LogP contribution in [0.25, 0.3) is 11.1 Å². The average Bonchev–Trinajstić information content (AvgIpc) is 3.14. The van der Waals surface area contributed by atoms with Gasteiger partial charge in [0.2, 0.25) is 0 Å². The minimum absolute atomic E-state index is 0.156. The molecule has 4 heteroatoms. The molecular weight excluding hydrogens is 408 g/mol. The minimum atomic E-state index is -0.294. The number of hydrogen-bond acceptors (Lipinski definition) is 3. The normalized spacial score (nSPS) is 13.3. The first-order valence-electron chi connectivity index (χ1n) is 11.4. The summed E-state index contributed by atoms with van der Waals surface area (Å²) in [5.41, 5.74) is 7.78. The molecule has 0 radical (unpaired) electrons. The molecule has 4 nitrogen and oxygen atoms in total. The van der Waals surface area contributed by atoms with Crippen LogP contribution in [0, 0.1) is 10.1 Å². The van der Waals surface area contributed by atoms with Crippen molar-refractivity contribution < 1.29 is 4.92 Å². The highest BCUT2D eigenvalue weighted by atomic mass is 16.6. The van der Waals surface area contributed by atoms with Crippen molar-refractivity contribution in [1.82, 2.24) is 0 Å². The Kier molecular flexibility index (Phi) is 5.21. The molecule has 0 saturated carbocycles. The van der Waals surface area contributed by atoms with Gasteiger partial charge in [-0.1, -0.05) is 56.3 Å². The molecule has 0 aliphatic heterocycles. The Bertz CT molecular complexity index is 1270. The maximum Gasteiger partial charge on any atom is 0.269 e. The number of rotatable bonds is 6. The average molecular weight is 435 g/mol. The summed E-state index contributed by atoms with van der Waals surface area (Å²) in [6.45, 7) is 4.36. The molecule has 5 rings (SSSR count). The predicted molar refractivity (Wildman–Crippen MR) is 135 cm³/mol. The number of fused-ring (bicyclic) bond motifs is 3. The van der Waals surface area contributed by atoms with Crippen molar-refractivity contribution in [2.75, 3.05) is 4.90 Å². The van der Waals surface area contributed by atoms with Crippen molar-refractivity contribution in [3.8, 4) is 11.1 Å². The van der Waals surface area contributed by atoms with Gasteiger partial charge in [-0.25, -0.2) is 0 Å². The maximum atomic E-state index is 11.5. The van der Waals surface area contributed by atoms with Gasteiger partial charge >= 0.3 is 0 Å². The van der Waals surface area contributed by atoms with E-state index in [1.807, 2.05) is 18.2 Å². The summed E-state index contributed by atoms with van der Waals surface area (Å²) in [4.78, 5) is 13.5. The fraction of sp³-hybridized carbons (Fsp3) is 0.172. The molecule has 0 amide bonds. The zero-order valence-corrected chi connectivity index (χ0v) is 18.9. The first-order chi connectivity index (χ1) is 16.1. The highest BCUT2D eigenvalue weighted by molar-refractivity contribution is 5.86. The third kappa shape index (κ3) is 3.30. The van der Waals surface area contributed by atoms with Crippen molar-refractivity contribution >= 4 is 22.7 Å². The van der Waals surface area contributed by atoms with Crippen LogP contribution in [-0.4, -0.2) is 4.92 Å². The molecule has 0 fully saturated rings. The number of nitrogens with zero attached hydrogens (tertiary/aromatic N) is 2. The number of hydrogen-bond donors (Lipinski definition) is 0. The number of anilines is 3. The molecule has 164 valence electrons. The van der Waals surface area contributed by atoms with Gasteiger partial charge in [0.05, 0.1) is 4.92 Å². The molecule has 4 aromatic carbocycles.